The van der Waals surface area contributed by atoms with E-state index in [-0.39, 0.29) is 18.2 Å². The van der Waals surface area contributed by atoms with Crippen molar-refractivity contribution >= 4 is 11.9 Å². The summed E-state index contributed by atoms with van der Waals surface area (Å²) in [5.41, 5.74) is -0.257. The van der Waals surface area contributed by atoms with Gasteiger partial charge in [-0.2, -0.15) is 0 Å². The van der Waals surface area contributed by atoms with Crippen molar-refractivity contribution in [1.82, 2.24) is 5.32 Å². The second-order valence-electron chi connectivity index (χ2n) is 4.81. The third-order valence-electron chi connectivity index (χ3n) is 3.50. The van der Waals surface area contributed by atoms with Gasteiger partial charge in [0.15, 0.2) is 5.54 Å². The number of carbonyl (C=O) groups excluding carboxylic acids is 2. The molecule has 1 heterocycles. The topological polar surface area (TPSA) is 75.6 Å². The number of benzene rings is 1. The van der Waals surface area contributed by atoms with Crippen molar-refractivity contribution in [2.75, 3.05) is 13.7 Å². The lowest BCUT2D eigenvalue weighted by Gasteiger charge is -2.23. The molecule has 1 aromatic rings. The molecular formula is C14H17NO4. The Bertz CT molecular complexity index is 474. The minimum Gasteiger partial charge on any atom is -0.467 e. The predicted molar refractivity (Wildman–Crippen MR) is 68.2 cm³/mol. The zero-order valence-corrected chi connectivity index (χ0v) is 10.8. The van der Waals surface area contributed by atoms with Gasteiger partial charge in [0.1, 0.15) is 0 Å². The Hall–Kier alpha value is -1.88. The highest BCUT2D eigenvalue weighted by Crippen LogP contribution is 2.28. The van der Waals surface area contributed by atoms with E-state index in [9.17, 15) is 14.7 Å². The SMILES string of the molecule is COC(=O)[C@@]1(CO)C[C@H](Cc2ccccc2)C(=O)N1. The average molecular weight is 263 g/mol. The Morgan fingerprint density at radius 3 is 2.74 bits per heavy atom. The van der Waals surface area contributed by atoms with Crippen LogP contribution in [0.15, 0.2) is 30.3 Å². The number of ether oxygens (including phenoxy) is 1. The highest BCUT2D eigenvalue weighted by Gasteiger charge is 2.50. The normalized spacial score (nSPS) is 26.0. The summed E-state index contributed by atoms with van der Waals surface area (Å²) in [4.78, 5) is 23.7. The summed E-state index contributed by atoms with van der Waals surface area (Å²) < 4.78 is 4.66. The van der Waals surface area contributed by atoms with Crippen LogP contribution in [0.1, 0.15) is 12.0 Å². The number of hydrogen-bond acceptors (Lipinski definition) is 4. The van der Waals surface area contributed by atoms with Crippen LogP contribution < -0.4 is 5.32 Å². The van der Waals surface area contributed by atoms with Gasteiger partial charge in [-0.25, -0.2) is 4.79 Å². The van der Waals surface area contributed by atoms with E-state index >= 15 is 0 Å². The molecule has 2 rings (SSSR count). The lowest BCUT2D eigenvalue weighted by atomic mass is 9.89. The molecule has 1 aliphatic rings. The molecule has 5 nitrogen and oxygen atoms in total. The number of nitrogens with one attached hydrogen (secondary N) is 1. The van der Waals surface area contributed by atoms with E-state index in [1.54, 1.807) is 0 Å². The van der Waals surface area contributed by atoms with Gasteiger partial charge < -0.3 is 15.2 Å². The van der Waals surface area contributed by atoms with Gasteiger partial charge in [-0.1, -0.05) is 30.3 Å². The number of aliphatic hydroxyl groups is 1. The van der Waals surface area contributed by atoms with Crippen LogP contribution >= 0.6 is 0 Å². The third kappa shape index (κ3) is 2.61. The predicted octanol–water partition coefficient (Wildman–Crippen LogP) is 0.269. The van der Waals surface area contributed by atoms with Crippen molar-refractivity contribution in [3.8, 4) is 0 Å². The highest BCUT2D eigenvalue weighted by atomic mass is 16.5. The van der Waals surface area contributed by atoms with Crippen molar-refractivity contribution in [3.63, 3.8) is 0 Å². The first-order valence-electron chi connectivity index (χ1n) is 6.16. The maximum absolute atomic E-state index is 11.9. The van der Waals surface area contributed by atoms with Crippen LogP contribution in [0.3, 0.4) is 0 Å². The fraction of sp³-hybridized carbons (Fsp3) is 0.429. The lowest BCUT2D eigenvalue weighted by molar-refractivity contribution is -0.150. The zero-order chi connectivity index (χ0) is 13.9. The molecule has 102 valence electrons. The number of amides is 1. The van der Waals surface area contributed by atoms with Crippen LogP contribution in [0, 0.1) is 5.92 Å². The minimum atomic E-state index is -1.29. The first-order valence-corrected chi connectivity index (χ1v) is 6.16. The maximum Gasteiger partial charge on any atom is 0.334 e. The molecule has 0 unspecified atom stereocenters. The largest absolute Gasteiger partial charge is 0.467 e. The number of carbonyl (C=O) groups is 2. The first-order chi connectivity index (χ1) is 9.11. The van der Waals surface area contributed by atoms with Crippen LogP contribution in [0.25, 0.3) is 0 Å². The Balaban J connectivity index is 2.13. The monoisotopic (exact) mass is 263 g/mol. The zero-order valence-electron chi connectivity index (χ0n) is 10.8. The van der Waals surface area contributed by atoms with E-state index in [4.69, 9.17) is 0 Å². The highest BCUT2D eigenvalue weighted by molar-refractivity contribution is 5.93. The minimum absolute atomic E-state index is 0.219. The van der Waals surface area contributed by atoms with Gasteiger partial charge in [-0.05, 0) is 18.4 Å². The smallest absolute Gasteiger partial charge is 0.334 e. The second-order valence-corrected chi connectivity index (χ2v) is 4.81. The maximum atomic E-state index is 11.9. The van der Waals surface area contributed by atoms with Crippen molar-refractivity contribution in [3.05, 3.63) is 35.9 Å². The Kier molecular flexibility index (Phi) is 3.85. The molecule has 0 aromatic heterocycles. The van der Waals surface area contributed by atoms with Gasteiger partial charge in [-0.3, -0.25) is 4.79 Å². The summed E-state index contributed by atoms with van der Waals surface area (Å²) in [6.07, 6.45) is 0.801. The molecule has 0 spiro atoms. The summed E-state index contributed by atoms with van der Waals surface area (Å²) in [5.74, 6) is -1.14. The molecule has 0 bridgehead atoms. The molecule has 19 heavy (non-hydrogen) atoms. The van der Waals surface area contributed by atoms with Crippen molar-refractivity contribution in [1.29, 1.82) is 0 Å². The number of esters is 1. The molecule has 1 fully saturated rings. The van der Waals surface area contributed by atoms with Gasteiger partial charge in [0.25, 0.3) is 0 Å². The molecule has 2 N–H and O–H groups in total. The average Bonchev–Trinajstić information content (AvgIpc) is 2.77. The first kappa shape index (κ1) is 13.5. The van der Waals surface area contributed by atoms with E-state index in [0.29, 0.717) is 6.42 Å². The van der Waals surface area contributed by atoms with Crippen LogP contribution in [-0.4, -0.2) is 36.2 Å². The van der Waals surface area contributed by atoms with Gasteiger partial charge in [-0.15, -0.1) is 0 Å². The number of aliphatic hydroxyl groups excluding tert-OH is 1. The van der Waals surface area contributed by atoms with E-state index < -0.39 is 18.1 Å². The summed E-state index contributed by atoms with van der Waals surface area (Å²) >= 11 is 0. The fourth-order valence-corrected chi connectivity index (χ4v) is 2.46. The molecule has 0 aliphatic carbocycles. The van der Waals surface area contributed by atoms with Crippen molar-refractivity contribution in [2.45, 2.75) is 18.4 Å². The van der Waals surface area contributed by atoms with E-state index in [2.05, 4.69) is 10.1 Å². The Morgan fingerprint density at radius 2 is 2.16 bits per heavy atom. The molecule has 1 saturated heterocycles. The van der Waals surface area contributed by atoms with E-state index in [1.807, 2.05) is 30.3 Å². The van der Waals surface area contributed by atoms with E-state index in [1.165, 1.54) is 7.11 Å². The van der Waals surface area contributed by atoms with Gasteiger partial charge in [0.05, 0.1) is 13.7 Å². The van der Waals surface area contributed by atoms with Gasteiger partial charge in [0, 0.05) is 5.92 Å². The molecule has 1 aliphatic heterocycles. The lowest BCUT2D eigenvalue weighted by Crippen LogP contribution is -2.52. The molecular weight excluding hydrogens is 246 g/mol. The summed E-state index contributed by atoms with van der Waals surface area (Å²) in [7, 11) is 1.25. The molecule has 1 amide bonds. The Labute approximate surface area is 111 Å². The summed E-state index contributed by atoms with van der Waals surface area (Å²) in [6.45, 7) is -0.448. The van der Waals surface area contributed by atoms with Crippen molar-refractivity contribution < 1.29 is 19.4 Å². The van der Waals surface area contributed by atoms with Gasteiger partial charge in [0.2, 0.25) is 5.91 Å². The second kappa shape index (κ2) is 5.40. The Morgan fingerprint density at radius 1 is 1.47 bits per heavy atom. The standard InChI is InChI=1S/C14H17NO4/c1-19-13(18)14(9-16)8-11(12(17)15-14)7-10-5-3-2-4-6-10/h2-6,11,16H,7-9H2,1H3,(H,15,17)/t11-,14-/m0/s1. The summed E-state index contributed by atoms with van der Waals surface area (Å²) in [5, 5.41) is 12.0. The van der Waals surface area contributed by atoms with Crippen LogP contribution in [0.5, 0.6) is 0 Å². The molecule has 0 saturated carbocycles. The number of hydrogen-bond donors (Lipinski definition) is 2. The van der Waals surface area contributed by atoms with E-state index in [0.717, 1.165) is 5.56 Å². The quantitative estimate of drug-likeness (QED) is 0.765. The van der Waals surface area contributed by atoms with Crippen LogP contribution in [0.4, 0.5) is 0 Å². The van der Waals surface area contributed by atoms with Crippen LogP contribution in [-0.2, 0) is 20.7 Å². The van der Waals surface area contributed by atoms with Crippen LogP contribution in [0.2, 0.25) is 0 Å². The molecule has 5 heteroatoms. The molecule has 0 radical (unpaired) electrons. The summed E-state index contributed by atoms with van der Waals surface area (Å²) in [6, 6.07) is 9.59. The molecule has 2 atom stereocenters. The van der Waals surface area contributed by atoms with Gasteiger partial charge >= 0.3 is 5.97 Å². The number of methoxy groups -OCH3 is 1. The fourth-order valence-electron chi connectivity index (χ4n) is 2.46. The third-order valence-corrected chi connectivity index (χ3v) is 3.50. The number of rotatable bonds is 4. The van der Waals surface area contributed by atoms with Crippen molar-refractivity contribution in [2.24, 2.45) is 5.92 Å². The molecule has 1 aromatic carbocycles.